The molecule has 0 aliphatic rings. The molecule has 2 N–H and O–H groups in total. The predicted molar refractivity (Wildman–Crippen MR) is 65.9 cm³/mol. The maximum absolute atomic E-state index is 2.86. The number of aromatic amines is 2. The minimum absolute atomic E-state index is 1.71. The van der Waals surface area contributed by atoms with Crippen LogP contribution in [0.15, 0.2) is 71.9 Å². The first kappa shape index (κ1) is 11.3. The van der Waals surface area contributed by atoms with Crippen molar-refractivity contribution in [3.63, 3.8) is 0 Å². The van der Waals surface area contributed by atoms with Gasteiger partial charge in [0.05, 0.1) is 0 Å². The molecule has 0 unspecified atom stereocenters. The van der Waals surface area contributed by atoms with E-state index in [1.165, 1.54) is 0 Å². The van der Waals surface area contributed by atoms with Gasteiger partial charge < -0.3 is 9.97 Å². The fourth-order valence-electron chi connectivity index (χ4n) is 0.782. The molecule has 0 spiro atoms. The molecule has 0 fully saturated rings. The third-order valence-corrected chi connectivity index (χ3v) is 2.05. The van der Waals surface area contributed by atoms with Crippen molar-refractivity contribution in [3.8, 4) is 0 Å². The summed E-state index contributed by atoms with van der Waals surface area (Å²) in [5.41, 5.74) is 0. The molecule has 15 heavy (non-hydrogen) atoms. The molecule has 0 bridgehead atoms. The second-order valence-electron chi connectivity index (χ2n) is 2.56. The molecule has 78 valence electrons. The van der Waals surface area contributed by atoms with Crippen LogP contribution in [0.1, 0.15) is 0 Å². The van der Waals surface area contributed by atoms with E-state index in [0.29, 0.717) is 0 Å². The lowest BCUT2D eigenvalue weighted by molar-refractivity contribution is 1.41. The molecule has 0 aromatic carbocycles. The highest BCUT2D eigenvalue weighted by molar-refractivity contribution is 7.07. The van der Waals surface area contributed by atoms with Gasteiger partial charge in [-0.1, -0.05) is 12.1 Å². The maximum Gasteiger partial charge on any atom is 0.000496 e. The highest BCUT2D eigenvalue weighted by Gasteiger charge is 1.58. The van der Waals surface area contributed by atoms with Gasteiger partial charge in [0.2, 0.25) is 0 Å². The Morgan fingerprint density at radius 1 is 0.533 bits per heavy atom. The van der Waals surface area contributed by atoms with Crippen LogP contribution in [0.3, 0.4) is 0 Å². The van der Waals surface area contributed by atoms with Gasteiger partial charge >= 0.3 is 0 Å². The maximum atomic E-state index is 2.86. The van der Waals surface area contributed by atoms with Crippen LogP contribution >= 0.6 is 11.3 Å². The zero-order valence-corrected chi connectivity index (χ0v) is 9.15. The summed E-state index contributed by atoms with van der Waals surface area (Å²) in [6, 6.07) is 11.8. The van der Waals surface area contributed by atoms with Crippen molar-refractivity contribution in [2.24, 2.45) is 0 Å². The van der Waals surface area contributed by atoms with Crippen LogP contribution in [-0.2, 0) is 0 Å². The fourth-order valence-corrected chi connectivity index (χ4v) is 1.24. The molecule has 2 nitrogen and oxygen atoms in total. The molecular formula is C12H14N2S. The first-order valence-electron chi connectivity index (χ1n) is 4.63. The van der Waals surface area contributed by atoms with Crippen molar-refractivity contribution in [3.05, 3.63) is 71.9 Å². The summed E-state index contributed by atoms with van der Waals surface area (Å²) in [6.07, 6.45) is 7.50. The van der Waals surface area contributed by atoms with Crippen LogP contribution in [0.25, 0.3) is 0 Å². The third-order valence-electron chi connectivity index (χ3n) is 1.42. The fraction of sp³-hybridized carbons (Fsp3) is 0. The molecule has 0 saturated carbocycles. The van der Waals surface area contributed by atoms with Gasteiger partial charge in [-0.15, -0.1) is 0 Å². The van der Waals surface area contributed by atoms with E-state index in [0.717, 1.165) is 0 Å². The molecule has 0 saturated heterocycles. The van der Waals surface area contributed by atoms with E-state index in [1.54, 1.807) is 11.3 Å². The number of nitrogens with one attached hydrogen (secondary N) is 2. The van der Waals surface area contributed by atoms with E-state index in [9.17, 15) is 0 Å². The zero-order valence-electron chi connectivity index (χ0n) is 8.34. The summed E-state index contributed by atoms with van der Waals surface area (Å²) in [6.45, 7) is 0. The van der Waals surface area contributed by atoms with E-state index in [2.05, 4.69) is 9.97 Å². The summed E-state index contributed by atoms with van der Waals surface area (Å²) in [5.74, 6) is 0. The molecule has 0 aliphatic carbocycles. The summed E-state index contributed by atoms with van der Waals surface area (Å²) >= 11 is 1.71. The molecule has 0 atom stereocenters. The highest BCUT2D eigenvalue weighted by Crippen LogP contribution is 1.91. The van der Waals surface area contributed by atoms with E-state index >= 15 is 0 Å². The average Bonchev–Trinajstić information content (AvgIpc) is 3.09. The predicted octanol–water partition coefficient (Wildman–Crippen LogP) is 3.78. The molecular weight excluding hydrogens is 204 g/mol. The minimum atomic E-state index is 1.71. The van der Waals surface area contributed by atoms with Crippen molar-refractivity contribution >= 4 is 11.3 Å². The normalized spacial score (nSPS) is 8.00. The van der Waals surface area contributed by atoms with Crippen LogP contribution in [0.4, 0.5) is 0 Å². The Kier molecular flexibility index (Phi) is 6.68. The minimum Gasteiger partial charge on any atom is -0.368 e. The van der Waals surface area contributed by atoms with Crippen molar-refractivity contribution in [1.29, 1.82) is 0 Å². The SMILES string of the molecule is c1cc[nH]c1.c1cc[nH]c1.c1ccsc1. The van der Waals surface area contributed by atoms with Gasteiger partial charge in [-0.2, -0.15) is 11.3 Å². The summed E-state index contributed by atoms with van der Waals surface area (Å²) in [4.78, 5) is 5.72. The van der Waals surface area contributed by atoms with Crippen molar-refractivity contribution in [2.75, 3.05) is 0 Å². The second kappa shape index (κ2) is 8.84. The summed E-state index contributed by atoms with van der Waals surface area (Å²) < 4.78 is 0. The van der Waals surface area contributed by atoms with Gasteiger partial charge in [0, 0.05) is 24.8 Å². The van der Waals surface area contributed by atoms with Gasteiger partial charge in [-0.05, 0) is 35.0 Å². The largest absolute Gasteiger partial charge is 0.368 e. The van der Waals surface area contributed by atoms with E-state index in [1.807, 2.05) is 71.9 Å². The van der Waals surface area contributed by atoms with Crippen LogP contribution in [0.2, 0.25) is 0 Å². The number of aromatic nitrogens is 2. The molecule has 3 heterocycles. The van der Waals surface area contributed by atoms with Gasteiger partial charge in [-0.25, -0.2) is 0 Å². The lowest BCUT2D eigenvalue weighted by atomic mass is 10.7. The number of rotatable bonds is 0. The first-order valence-corrected chi connectivity index (χ1v) is 5.57. The average molecular weight is 218 g/mol. The second-order valence-corrected chi connectivity index (χ2v) is 3.38. The zero-order chi connectivity index (χ0) is 10.6. The number of hydrogen-bond donors (Lipinski definition) is 2. The number of thiophene rings is 1. The quantitative estimate of drug-likeness (QED) is 0.575. The Labute approximate surface area is 93.6 Å². The van der Waals surface area contributed by atoms with E-state index in [4.69, 9.17) is 0 Å². The Hall–Kier alpha value is -1.74. The lowest BCUT2D eigenvalue weighted by Gasteiger charge is -1.49. The van der Waals surface area contributed by atoms with Gasteiger partial charge in [0.15, 0.2) is 0 Å². The molecule has 3 aromatic heterocycles. The molecule has 0 amide bonds. The Morgan fingerprint density at radius 3 is 1.07 bits per heavy atom. The van der Waals surface area contributed by atoms with Crippen LogP contribution < -0.4 is 0 Å². The van der Waals surface area contributed by atoms with Crippen LogP contribution in [0.5, 0.6) is 0 Å². The first-order chi connectivity index (χ1) is 7.50. The Morgan fingerprint density at radius 2 is 0.933 bits per heavy atom. The topological polar surface area (TPSA) is 31.6 Å². The highest BCUT2D eigenvalue weighted by atomic mass is 32.1. The molecule has 3 heteroatoms. The molecule has 0 radical (unpaired) electrons. The van der Waals surface area contributed by atoms with E-state index < -0.39 is 0 Å². The standard InChI is InChI=1S/2C4H5N.C4H4S/c3*1-2-4-5-3-1/h2*1-5H;1-4H. The lowest BCUT2D eigenvalue weighted by Crippen LogP contribution is -1.38. The third kappa shape index (κ3) is 7.34. The smallest absolute Gasteiger partial charge is 0.000496 e. The molecule has 3 aromatic rings. The van der Waals surface area contributed by atoms with Crippen molar-refractivity contribution in [2.45, 2.75) is 0 Å². The molecule has 0 aliphatic heterocycles. The van der Waals surface area contributed by atoms with E-state index in [-0.39, 0.29) is 0 Å². The van der Waals surface area contributed by atoms with Crippen molar-refractivity contribution < 1.29 is 0 Å². The summed E-state index contributed by atoms with van der Waals surface area (Å²) in [5, 5.41) is 4.08. The van der Waals surface area contributed by atoms with Crippen LogP contribution in [0, 0.1) is 0 Å². The van der Waals surface area contributed by atoms with Gasteiger partial charge in [0.1, 0.15) is 0 Å². The van der Waals surface area contributed by atoms with Crippen LogP contribution in [-0.4, -0.2) is 9.97 Å². The summed E-state index contributed by atoms with van der Waals surface area (Å²) in [7, 11) is 0. The van der Waals surface area contributed by atoms with Crippen molar-refractivity contribution in [1.82, 2.24) is 9.97 Å². The Bertz CT molecular complexity index is 246. The van der Waals surface area contributed by atoms with Gasteiger partial charge in [0.25, 0.3) is 0 Å². The Balaban J connectivity index is 0.000000112. The number of H-pyrrole nitrogens is 2. The molecule has 3 rings (SSSR count). The number of hydrogen-bond acceptors (Lipinski definition) is 1. The monoisotopic (exact) mass is 218 g/mol. The van der Waals surface area contributed by atoms with Gasteiger partial charge in [-0.3, -0.25) is 0 Å².